The van der Waals surface area contributed by atoms with E-state index in [4.69, 9.17) is 0 Å². The number of aliphatic hydroxyl groups is 1. The lowest BCUT2D eigenvalue weighted by Crippen LogP contribution is -2.72. The van der Waals surface area contributed by atoms with E-state index >= 15 is 0 Å². The van der Waals surface area contributed by atoms with Gasteiger partial charge in [0, 0.05) is 24.6 Å². The number of hydrogen-bond acceptors (Lipinski definition) is 3. The van der Waals surface area contributed by atoms with Crippen LogP contribution in [0.5, 0.6) is 0 Å². The minimum atomic E-state index is -0.243. The van der Waals surface area contributed by atoms with Gasteiger partial charge in [-0.25, -0.2) is 4.39 Å². The Hall–Kier alpha value is -3.02. The van der Waals surface area contributed by atoms with Gasteiger partial charge in [-0.05, 0) is 22.8 Å². The van der Waals surface area contributed by atoms with Gasteiger partial charge in [0.25, 0.3) is 0 Å². The van der Waals surface area contributed by atoms with Crippen LogP contribution in [0.2, 0.25) is 0 Å². The molecule has 5 rings (SSSR count). The molecule has 5 heteroatoms. The largest absolute Gasteiger partial charge is 0.394 e. The van der Waals surface area contributed by atoms with Gasteiger partial charge in [0.15, 0.2) is 0 Å². The zero-order valence-corrected chi connectivity index (χ0v) is 17.2. The third kappa shape index (κ3) is 3.64. The van der Waals surface area contributed by atoms with Gasteiger partial charge in [-0.2, -0.15) is 0 Å². The van der Waals surface area contributed by atoms with Gasteiger partial charge < -0.3 is 10.0 Å². The molecule has 0 aliphatic carbocycles. The van der Waals surface area contributed by atoms with Gasteiger partial charge >= 0.3 is 0 Å². The average Bonchev–Trinajstić information content (AvgIpc) is 2.77. The molecule has 2 fully saturated rings. The summed E-state index contributed by atoms with van der Waals surface area (Å²) >= 11 is 0. The Labute approximate surface area is 181 Å². The zero-order valence-electron chi connectivity index (χ0n) is 17.2. The van der Waals surface area contributed by atoms with E-state index in [2.05, 4.69) is 17.0 Å². The Kier molecular flexibility index (Phi) is 5.30. The number of hydrogen-bond donors (Lipinski definition) is 1. The topological polar surface area (TPSA) is 43.8 Å². The summed E-state index contributed by atoms with van der Waals surface area (Å²) < 4.78 is 14.1. The van der Waals surface area contributed by atoms with Gasteiger partial charge in [0.2, 0.25) is 5.91 Å². The molecular formula is C26H25FN2O2. The highest BCUT2D eigenvalue weighted by Gasteiger charge is 2.53. The molecule has 158 valence electrons. The van der Waals surface area contributed by atoms with Gasteiger partial charge in [-0.3, -0.25) is 9.69 Å². The smallest absolute Gasteiger partial charge is 0.237 e. The number of carbonyl (C=O) groups excluding carboxylic acids is 1. The van der Waals surface area contributed by atoms with Gasteiger partial charge in [-0.1, -0.05) is 72.8 Å². The molecule has 0 bridgehead atoms. The number of piperazine rings is 1. The lowest BCUT2D eigenvalue weighted by Gasteiger charge is -2.59. The van der Waals surface area contributed by atoms with Gasteiger partial charge in [-0.15, -0.1) is 0 Å². The Bertz CT molecular complexity index is 1070. The van der Waals surface area contributed by atoms with Crippen LogP contribution < -0.4 is 0 Å². The van der Waals surface area contributed by atoms with Crippen molar-refractivity contribution in [3.8, 4) is 11.1 Å². The summed E-state index contributed by atoms with van der Waals surface area (Å²) in [6.45, 7) is 1.83. The van der Waals surface area contributed by atoms with E-state index in [1.165, 1.54) is 11.6 Å². The lowest BCUT2D eigenvalue weighted by molar-refractivity contribution is -0.162. The summed E-state index contributed by atoms with van der Waals surface area (Å²) in [4.78, 5) is 16.9. The van der Waals surface area contributed by atoms with Crippen LogP contribution in [0.3, 0.4) is 0 Å². The molecule has 0 aromatic heterocycles. The maximum atomic E-state index is 14.1. The van der Waals surface area contributed by atoms with Crippen LogP contribution in [0.1, 0.15) is 17.0 Å². The molecule has 2 aliphatic heterocycles. The third-order valence-corrected chi connectivity index (χ3v) is 6.55. The Morgan fingerprint density at radius 2 is 1.65 bits per heavy atom. The summed E-state index contributed by atoms with van der Waals surface area (Å²) in [7, 11) is 0. The van der Waals surface area contributed by atoms with Crippen molar-refractivity contribution in [1.82, 2.24) is 9.80 Å². The molecule has 31 heavy (non-hydrogen) atoms. The average molecular weight is 416 g/mol. The number of carbonyl (C=O) groups is 1. The second-order valence-electron chi connectivity index (χ2n) is 8.40. The van der Waals surface area contributed by atoms with Crippen LogP contribution in [0.4, 0.5) is 4.39 Å². The van der Waals surface area contributed by atoms with Gasteiger partial charge in [0.05, 0.1) is 25.2 Å². The number of amides is 1. The molecule has 2 saturated heterocycles. The molecule has 3 aromatic rings. The Balaban J connectivity index is 1.37. The first-order valence-electron chi connectivity index (χ1n) is 10.7. The van der Waals surface area contributed by atoms with E-state index in [1.807, 2.05) is 53.4 Å². The highest BCUT2D eigenvalue weighted by molar-refractivity contribution is 5.81. The molecule has 0 unspecified atom stereocenters. The summed E-state index contributed by atoms with van der Waals surface area (Å²) in [5.41, 5.74) is 3.66. The number of fused-ring (bicyclic) bond motifs is 1. The molecule has 0 spiro atoms. The van der Waals surface area contributed by atoms with Crippen LogP contribution >= 0.6 is 0 Å². The number of aliphatic hydroxyl groups excluding tert-OH is 1. The van der Waals surface area contributed by atoms with E-state index in [9.17, 15) is 14.3 Å². The predicted octanol–water partition coefficient (Wildman–Crippen LogP) is 3.66. The van der Waals surface area contributed by atoms with Crippen molar-refractivity contribution in [2.45, 2.75) is 24.5 Å². The van der Waals surface area contributed by atoms with Crippen LogP contribution in [-0.2, 0) is 11.3 Å². The molecule has 1 N–H and O–H groups in total. The monoisotopic (exact) mass is 416 g/mol. The maximum Gasteiger partial charge on any atom is 0.237 e. The molecule has 2 aliphatic rings. The first kappa shape index (κ1) is 19.9. The van der Waals surface area contributed by atoms with Gasteiger partial charge in [0.1, 0.15) is 5.82 Å². The summed E-state index contributed by atoms with van der Waals surface area (Å²) in [5.74, 6) is -0.0969. The molecular weight excluding hydrogens is 391 g/mol. The normalized spacial score (nSPS) is 23.4. The number of benzene rings is 3. The maximum absolute atomic E-state index is 14.1. The van der Waals surface area contributed by atoms with E-state index in [0.29, 0.717) is 12.1 Å². The minimum Gasteiger partial charge on any atom is -0.394 e. The Morgan fingerprint density at radius 3 is 2.35 bits per heavy atom. The van der Waals surface area contributed by atoms with Crippen molar-refractivity contribution in [3.63, 3.8) is 0 Å². The summed E-state index contributed by atoms with van der Waals surface area (Å²) in [6, 6.07) is 24.6. The molecule has 3 aromatic carbocycles. The van der Waals surface area contributed by atoms with Crippen molar-refractivity contribution in [1.29, 1.82) is 0 Å². The predicted molar refractivity (Wildman–Crippen MR) is 118 cm³/mol. The highest BCUT2D eigenvalue weighted by Crippen LogP contribution is 2.43. The quantitative estimate of drug-likeness (QED) is 0.690. The summed E-state index contributed by atoms with van der Waals surface area (Å²) in [5, 5.41) is 9.99. The standard InChI is InChI=1S/C26H25FN2O2/c27-22-9-5-4-8-21(22)19-10-12-20(13-11-19)26-23-15-28(14-18-6-2-1-3-7-18)16-25(31)29(23)24(26)17-30/h1-13,23-24,26,30H,14-17H2/t23-,24+,26-/m0/s1. The van der Waals surface area contributed by atoms with Crippen molar-refractivity contribution >= 4 is 5.91 Å². The van der Waals surface area contributed by atoms with Crippen LogP contribution in [0.25, 0.3) is 11.1 Å². The molecule has 1 amide bonds. The second kappa shape index (κ2) is 8.25. The van der Waals surface area contributed by atoms with Crippen LogP contribution in [0.15, 0.2) is 78.9 Å². The number of halogens is 1. The third-order valence-electron chi connectivity index (χ3n) is 6.55. The first-order valence-corrected chi connectivity index (χ1v) is 10.7. The lowest BCUT2D eigenvalue weighted by atomic mass is 9.73. The van der Waals surface area contributed by atoms with Crippen molar-refractivity contribution < 1.29 is 14.3 Å². The minimum absolute atomic E-state index is 0.0430. The zero-order chi connectivity index (χ0) is 21.4. The van der Waals surface area contributed by atoms with Crippen LogP contribution in [0, 0.1) is 5.82 Å². The molecule has 2 heterocycles. The number of rotatable bonds is 5. The molecule has 0 radical (unpaired) electrons. The Morgan fingerprint density at radius 1 is 0.935 bits per heavy atom. The number of nitrogens with zero attached hydrogens (tertiary/aromatic N) is 2. The highest BCUT2D eigenvalue weighted by atomic mass is 19.1. The fraction of sp³-hybridized carbons (Fsp3) is 0.269. The van der Waals surface area contributed by atoms with E-state index < -0.39 is 0 Å². The molecule has 3 atom stereocenters. The fourth-order valence-corrected chi connectivity index (χ4v) is 5.11. The van der Waals surface area contributed by atoms with E-state index in [1.54, 1.807) is 12.1 Å². The van der Waals surface area contributed by atoms with Crippen molar-refractivity contribution in [2.75, 3.05) is 19.7 Å². The fourth-order valence-electron chi connectivity index (χ4n) is 5.11. The van der Waals surface area contributed by atoms with E-state index in [0.717, 1.165) is 24.2 Å². The molecule has 0 saturated carbocycles. The SMILES string of the molecule is O=C1CN(Cc2ccccc2)C[C@H]2[C@H](c3ccc(-c4ccccc4F)cc3)[C@@H](CO)N12. The second-order valence-corrected chi connectivity index (χ2v) is 8.40. The summed E-state index contributed by atoms with van der Waals surface area (Å²) in [6.07, 6.45) is 0. The molecule has 4 nitrogen and oxygen atoms in total. The first-order chi connectivity index (χ1) is 15.2. The van der Waals surface area contributed by atoms with E-state index in [-0.39, 0.29) is 36.3 Å². The van der Waals surface area contributed by atoms with Crippen LogP contribution in [-0.4, -0.2) is 52.6 Å². The van der Waals surface area contributed by atoms with Crippen molar-refractivity contribution in [3.05, 3.63) is 95.8 Å². The van der Waals surface area contributed by atoms with Crippen molar-refractivity contribution in [2.24, 2.45) is 0 Å².